The number of fused-ring (bicyclic) bond motifs is 1. The molecule has 1 amide bonds. The molecule has 0 aliphatic heterocycles. The number of hydrogen-bond acceptors (Lipinski definition) is 5. The van der Waals surface area contributed by atoms with E-state index in [1.165, 1.54) is 11.3 Å². The van der Waals surface area contributed by atoms with Crippen molar-refractivity contribution in [1.29, 1.82) is 0 Å². The Hall–Kier alpha value is -1.63. The molecule has 6 nitrogen and oxygen atoms in total. The first-order chi connectivity index (χ1) is 7.69. The second-order valence-corrected chi connectivity index (χ2v) is 4.31. The zero-order valence-electron chi connectivity index (χ0n) is 9.06. The molecule has 7 heteroatoms. The number of hydrogen-bond donors (Lipinski definition) is 1. The van der Waals surface area contributed by atoms with E-state index in [0.29, 0.717) is 13.2 Å². The smallest absolute Gasteiger partial charge is 0.407 e. The number of rotatable bonds is 3. The van der Waals surface area contributed by atoms with Crippen LogP contribution < -0.4 is 5.32 Å². The SMILES string of the molecule is CCOC(=O)NCc1cn2nc(C)sc2n1. The maximum absolute atomic E-state index is 11.0. The summed E-state index contributed by atoms with van der Waals surface area (Å²) in [6.07, 6.45) is 1.37. The number of aromatic nitrogens is 3. The molecule has 0 spiro atoms. The first-order valence-electron chi connectivity index (χ1n) is 4.91. The molecule has 0 radical (unpaired) electrons. The molecule has 0 aliphatic rings. The third kappa shape index (κ3) is 2.30. The molecule has 2 aromatic heterocycles. The van der Waals surface area contributed by atoms with Gasteiger partial charge in [0.1, 0.15) is 5.01 Å². The summed E-state index contributed by atoms with van der Waals surface area (Å²) in [4.78, 5) is 16.2. The second-order valence-electron chi connectivity index (χ2n) is 3.15. The van der Waals surface area contributed by atoms with Gasteiger partial charge in [0.05, 0.1) is 25.0 Å². The maximum Gasteiger partial charge on any atom is 0.407 e. The van der Waals surface area contributed by atoms with Crippen molar-refractivity contribution in [3.63, 3.8) is 0 Å². The van der Waals surface area contributed by atoms with Gasteiger partial charge < -0.3 is 10.1 Å². The van der Waals surface area contributed by atoms with Crippen molar-refractivity contribution in [3.8, 4) is 0 Å². The fourth-order valence-electron chi connectivity index (χ4n) is 1.27. The minimum Gasteiger partial charge on any atom is -0.450 e. The van der Waals surface area contributed by atoms with Gasteiger partial charge >= 0.3 is 6.09 Å². The summed E-state index contributed by atoms with van der Waals surface area (Å²) in [5.41, 5.74) is 0.770. The summed E-state index contributed by atoms with van der Waals surface area (Å²) in [5, 5.41) is 7.80. The highest BCUT2D eigenvalue weighted by Crippen LogP contribution is 2.13. The largest absolute Gasteiger partial charge is 0.450 e. The molecule has 2 heterocycles. The van der Waals surface area contributed by atoms with Gasteiger partial charge in [-0.25, -0.2) is 14.3 Å². The van der Waals surface area contributed by atoms with Crippen molar-refractivity contribution in [2.45, 2.75) is 20.4 Å². The van der Waals surface area contributed by atoms with E-state index in [1.54, 1.807) is 17.6 Å². The maximum atomic E-state index is 11.0. The molecule has 0 atom stereocenters. The Labute approximate surface area is 96.2 Å². The van der Waals surface area contributed by atoms with Gasteiger partial charge in [-0.05, 0) is 13.8 Å². The van der Waals surface area contributed by atoms with Gasteiger partial charge in [-0.2, -0.15) is 5.10 Å². The lowest BCUT2D eigenvalue weighted by atomic mass is 10.5. The fraction of sp³-hybridized carbons (Fsp3) is 0.444. The van der Waals surface area contributed by atoms with Gasteiger partial charge in [-0.1, -0.05) is 11.3 Å². The molecule has 0 aliphatic carbocycles. The molecule has 1 N–H and O–H groups in total. The van der Waals surface area contributed by atoms with Crippen LogP contribution in [-0.4, -0.2) is 27.3 Å². The first kappa shape index (κ1) is 10.9. The van der Waals surface area contributed by atoms with Crippen LogP contribution in [0.5, 0.6) is 0 Å². The lowest BCUT2D eigenvalue weighted by molar-refractivity contribution is 0.151. The van der Waals surface area contributed by atoms with Gasteiger partial charge in [-0.15, -0.1) is 0 Å². The van der Waals surface area contributed by atoms with E-state index in [2.05, 4.69) is 15.4 Å². The molecular formula is C9H12N4O2S. The molecule has 0 saturated heterocycles. The molecule has 0 unspecified atom stereocenters. The highest BCUT2D eigenvalue weighted by atomic mass is 32.1. The Bertz CT molecular complexity index is 473. The minimum atomic E-state index is -0.428. The van der Waals surface area contributed by atoms with Crippen LogP contribution in [0.3, 0.4) is 0 Å². The van der Waals surface area contributed by atoms with Crippen molar-refractivity contribution in [3.05, 3.63) is 16.9 Å². The van der Waals surface area contributed by atoms with Crippen LogP contribution in [0.4, 0.5) is 4.79 Å². The Kier molecular flexibility index (Phi) is 3.04. The monoisotopic (exact) mass is 240 g/mol. The normalized spacial score (nSPS) is 10.6. The summed E-state index contributed by atoms with van der Waals surface area (Å²) in [6, 6.07) is 0. The Morgan fingerprint density at radius 1 is 1.69 bits per heavy atom. The Morgan fingerprint density at radius 3 is 3.19 bits per heavy atom. The fourth-order valence-corrected chi connectivity index (χ4v) is 2.02. The number of nitrogens with zero attached hydrogens (tertiary/aromatic N) is 3. The van der Waals surface area contributed by atoms with E-state index >= 15 is 0 Å². The van der Waals surface area contributed by atoms with Gasteiger partial charge in [0, 0.05) is 0 Å². The predicted octanol–water partition coefficient (Wildman–Crippen LogP) is 1.35. The van der Waals surface area contributed by atoms with Crippen molar-refractivity contribution >= 4 is 22.4 Å². The van der Waals surface area contributed by atoms with E-state index in [1.807, 2.05) is 6.92 Å². The van der Waals surface area contributed by atoms with Crippen molar-refractivity contribution in [1.82, 2.24) is 19.9 Å². The first-order valence-corrected chi connectivity index (χ1v) is 5.73. The number of carbonyl (C=O) groups excluding carboxylic acids is 1. The van der Waals surface area contributed by atoms with Crippen molar-refractivity contribution < 1.29 is 9.53 Å². The van der Waals surface area contributed by atoms with Gasteiger partial charge in [0.15, 0.2) is 0 Å². The minimum absolute atomic E-state index is 0.355. The van der Waals surface area contributed by atoms with Crippen molar-refractivity contribution in [2.75, 3.05) is 6.61 Å². The highest BCUT2D eigenvalue weighted by molar-refractivity contribution is 7.16. The predicted molar refractivity (Wildman–Crippen MR) is 59.5 cm³/mol. The zero-order chi connectivity index (χ0) is 11.5. The number of aryl methyl sites for hydroxylation is 1. The van der Waals surface area contributed by atoms with Crippen LogP contribution in [-0.2, 0) is 11.3 Å². The second kappa shape index (κ2) is 4.48. The molecule has 16 heavy (non-hydrogen) atoms. The molecule has 2 rings (SSSR count). The highest BCUT2D eigenvalue weighted by Gasteiger charge is 2.07. The number of nitrogens with one attached hydrogen (secondary N) is 1. The molecule has 0 fully saturated rings. The van der Waals surface area contributed by atoms with E-state index in [4.69, 9.17) is 4.74 Å². The Morgan fingerprint density at radius 2 is 2.50 bits per heavy atom. The molecule has 86 valence electrons. The van der Waals surface area contributed by atoms with Crippen LogP contribution in [0.15, 0.2) is 6.20 Å². The summed E-state index contributed by atoms with van der Waals surface area (Å²) < 4.78 is 6.45. The third-order valence-corrected chi connectivity index (χ3v) is 2.72. The summed E-state index contributed by atoms with van der Waals surface area (Å²) in [7, 11) is 0. The number of imidazole rings is 1. The zero-order valence-corrected chi connectivity index (χ0v) is 9.87. The van der Waals surface area contributed by atoms with E-state index in [9.17, 15) is 4.79 Å². The molecule has 2 aromatic rings. The average Bonchev–Trinajstić information content (AvgIpc) is 2.71. The number of alkyl carbamates (subject to hydrolysis) is 1. The quantitative estimate of drug-likeness (QED) is 0.879. The summed E-state index contributed by atoms with van der Waals surface area (Å²) in [5.74, 6) is 0. The molecule has 0 saturated carbocycles. The topological polar surface area (TPSA) is 68.5 Å². The standard InChI is InChI=1S/C9H12N4O2S/c1-3-15-9(14)10-4-7-5-13-8(11-7)16-6(2)12-13/h5H,3-4H2,1-2H3,(H,10,14). The van der Waals surface area contributed by atoms with E-state index < -0.39 is 6.09 Å². The van der Waals surface area contributed by atoms with Crippen LogP contribution in [0.2, 0.25) is 0 Å². The van der Waals surface area contributed by atoms with Crippen molar-refractivity contribution in [2.24, 2.45) is 0 Å². The average molecular weight is 240 g/mol. The lowest BCUT2D eigenvalue weighted by Crippen LogP contribution is -2.23. The van der Waals surface area contributed by atoms with Crippen LogP contribution in [0.25, 0.3) is 4.96 Å². The van der Waals surface area contributed by atoms with Crippen LogP contribution in [0.1, 0.15) is 17.6 Å². The number of ether oxygens (including phenoxy) is 1. The van der Waals surface area contributed by atoms with Gasteiger partial charge in [0.25, 0.3) is 0 Å². The molecule has 0 aromatic carbocycles. The summed E-state index contributed by atoms with van der Waals surface area (Å²) >= 11 is 1.51. The summed E-state index contributed by atoms with van der Waals surface area (Å²) in [6.45, 7) is 4.41. The third-order valence-electron chi connectivity index (χ3n) is 1.88. The van der Waals surface area contributed by atoms with Crippen LogP contribution in [0, 0.1) is 6.92 Å². The number of carbonyl (C=O) groups is 1. The molecule has 0 bridgehead atoms. The van der Waals surface area contributed by atoms with E-state index in [-0.39, 0.29) is 0 Å². The number of amides is 1. The Balaban J connectivity index is 1.99. The van der Waals surface area contributed by atoms with E-state index in [0.717, 1.165) is 15.7 Å². The van der Waals surface area contributed by atoms with Gasteiger partial charge in [-0.3, -0.25) is 0 Å². The lowest BCUT2D eigenvalue weighted by Gasteiger charge is -2.01. The molecular weight excluding hydrogens is 228 g/mol. The van der Waals surface area contributed by atoms with Crippen LogP contribution >= 0.6 is 11.3 Å². The van der Waals surface area contributed by atoms with Gasteiger partial charge in [0.2, 0.25) is 4.96 Å².